The highest BCUT2D eigenvalue weighted by Crippen LogP contribution is 2.20. The summed E-state index contributed by atoms with van der Waals surface area (Å²) in [5.41, 5.74) is 7.15. The Hall–Kier alpha value is -2.28. The minimum Gasteiger partial charge on any atom is -0.496 e. The summed E-state index contributed by atoms with van der Waals surface area (Å²) in [6, 6.07) is 5.58. The van der Waals surface area contributed by atoms with E-state index in [1.165, 1.54) is 0 Å². The maximum absolute atomic E-state index is 11.1. The second-order valence-electron chi connectivity index (χ2n) is 4.93. The van der Waals surface area contributed by atoms with Gasteiger partial charge in [-0.3, -0.25) is 4.79 Å². The second kappa shape index (κ2) is 6.94. The van der Waals surface area contributed by atoms with E-state index in [1.807, 2.05) is 6.07 Å². The molecule has 2 rings (SSSR count). The molecule has 1 saturated heterocycles. The zero-order chi connectivity index (χ0) is 15.2. The van der Waals surface area contributed by atoms with Crippen molar-refractivity contribution >= 4 is 11.7 Å². The fourth-order valence-electron chi connectivity index (χ4n) is 2.30. The van der Waals surface area contributed by atoms with Gasteiger partial charge in [-0.05, 0) is 24.6 Å². The molecule has 7 heteroatoms. The summed E-state index contributed by atoms with van der Waals surface area (Å²) in [5, 5.41) is 17.9. The summed E-state index contributed by atoms with van der Waals surface area (Å²) in [5.74, 6) is 0.889. The number of carbonyl (C=O) groups excluding carboxylic acids is 1. The molecule has 0 radical (unpaired) electrons. The van der Waals surface area contributed by atoms with Crippen molar-refractivity contribution in [3.63, 3.8) is 0 Å². The summed E-state index contributed by atoms with van der Waals surface area (Å²) in [6.07, 6.45) is 1.35. The van der Waals surface area contributed by atoms with Crippen molar-refractivity contribution in [2.45, 2.75) is 25.4 Å². The zero-order valence-corrected chi connectivity index (χ0v) is 11.9. The van der Waals surface area contributed by atoms with Crippen LogP contribution in [0.1, 0.15) is 24.0 Å². The Morgan fingerprint density at radius 2 is 2.43 bits per heavy atom. The van der Waals surface area contributed by atoms with Crippen molar-refractivity contribution < 1.29 is 14.7 Å². The van der Waals surface area contributed by atoms with Crippen molar-refractivity contribution in [1.29, 1.82) is 0 Å². The van der Waals surface area contributed by atoms with Crippen molar-refractivity contribution in [2.24, 2.45) is 10.9 Å². The monoisotopic (exact) mass is 292 g/mol. The molecule has 0 aliphatic carbocycles. The number of methoxy groups -OCH3 is 1. The molecule has 114 valence electrons. The van der Waals surface area contributed by atoms with Gasteiger partial charge in [0.2, 0.25) is 5.91 Å². The standard InChI is InChI=1S/C14H20N4O3/c1-21-12-4-2-9(14(15)18-20)6-10(12)7-16-11-3-5-13(19)17-8-11/h2,4,6,11,16,20H,3,5,7-8H2,1H3,(H2,15,18)(H,17,19). The van der Waals surface area contributed by atoms with Gasteiger partial charge < -0.3 is 26.3 Å². The molecule has 0 saturated carbocycles. The van der Waals surface area contributed by atoms with Gasteiger partial charge in [0.1, 0.15) is 5.75 Å². The first kappa shape index (κ1) is 15.1. The fourth-order valence-corrected chi connectivity index (χ4v) is 2.30. The molecular weight excluding hydrogens is 272 g/mol. The number of hydrogen-bond donors (Lipinski definition) is 4. The molecule has 1 aliphatic heterocycles. The Labute approximate surface area is 123 Å². The quantitative estimate of drug-likeness (QED) is 0.267. The second-order valence-corrected chi connectivity index (χ2v) is 4.93. The number of rotatable bonds is 5. The van der Waals surface area contributed by atoms with E-state index < -0.39 is 0 Å². The van der Waals surface area contributed by atoms with Gasteiger partial charge in [-0.25, -0.2) is 0 Å². The van der Waals surface area contributed by atoms with Crippen LogP contribution >= 0.6 is 0 Å². The molecule has 1 aliphatic rings. The predicted molar refractivity (Wildman–Crippen MR) is 78.4 cm³/mol. The van der Waals surface area contributed by atoms with Gasteiger partial charge in [0.15, 0.2) is 5.84 Å². The van der Waals surface area contributed by atoms with Crippen molar-refractivity contribution in [3.05, 3.63) is 29.3 Å². The lowest BCUT2D eigenvalue weighted by Crippen LogP contribution is -2.45. The number of nitrogens with zero attached hydrogens (tertiary/aromatic N) is 1. The van der Waals surface area contributed by atoms with E-state index in [4.69, 9.17) is 15.7 Å². The van der Waals surface area contributed by atoms with Crippen LogP contribution in [0, 0.1) is 0 Å². The van der Waals surface area contributed by atoms with E-state index in [9.17, 15) is 4.79 Å². The smallest absolute Gasteiger partial charge is 0.220 e. The molecule has 21 heavy (non-hydrogen) atoms. The molecule has 1 unspecified atom stereocenters. The van der Waals surface area contributed by atoms with Crippen LogP contribution in [0.25, 0.3) is 0 Å². The van der Waals surface area contributed by atoms with Gasteiger partial charge in [-0.1, -0.05) is 5.16 Å². The van der Waals surface area contributed by atoms with E-state index in [0.29, 0.717) is 25.1 Å². The average Bonchev–Trinajstić information content (AvgIpc) is 2.53. The first-order valence-corrected chi connectivity index (χ1v) is 6.79. The third kappa shape index (κ3) is 3.85. The van der Waals surface area contributed by atoms with Gasteiger partial charge in [0.25, 0.3) is 0 Å². The van der Waals surface area contributed by atoms with Crippen LogP contribution in [0.4, 0.5) is 0 Å². The molecule has 1 aromatic carbocycles. The number of hydrogen-bond acceptors (Lipinski definition) is 5. The third-order valence-corrected chi connectivity index (χ3v) is 3.53. The zero-order valence-electron chi connectivity index (χ0n) is 11.9. The highest BCUT2D eigenvalue weighted by atomic mass is 16.5. The lowest BCUT2D eigenvalue weighted by atomic mass is 10.1. The minimum absolute atomic E-state index is 0.0591. The molecule has 1 heterocycles. The number of oxime groups is 1. The van der Waals surface area contributed by atoms with Gasteiger partial charge in [-0.15, -0.1) is 0 Å². The van der Waals surface area contributed by atoms with Gasteiger partial charge >= 0.3 is 0 Å². The molecule has 1 fully saturated rings. The van der Waals surface area contributed by atoms with Crippen LogP contribution in [0.2, 0.25) is 0 Å². The van der Waals surface area contributed by atoms with Crippen molar-refractivity contribution in [3.8, 4) is 5.75 Å². The molecule has 0 bridgehead atoms. The molecule has 0 aromatic heterocycles. The molecule has 1 aromatic rings. The molecule has 1 amide bonds. The lowest BCUT2D eigenvalue weighted by molar-refractivity contribution is -0.122. The fraction of sp³-hybridized carbons (Fsp3) is 0.429. The number of nitrogens with two attached hydrogens (primary N) is 1. The number of carbonyl (C=O) groups is 1. The molecule has 7 nitrogen and oxygen atoms in total. The predicted octanol–water partition coefficient (Wildman–Crippen LogP) is 0.158. The van der Waals surface area contributed by atoms with E-state index in [2.05, 4.69) is 15.8 Å². The minimum atomic E-state index is 0.0591. The number of nitrogens with one attached hydrogen (secondary N) is 2. The van der Waals surface area contributed by atoms with Gasteiger partial charge in [-0.2, -0.15) is 0 Å². The Balaban J connectivity index is 2.05. The topological polar surface area (TPSA) is 109 Å². The number of piperidine rings is 1. The molecule has 1 atom stereocenters. The molecule has 5 N–H and O–H groups in total. The highest BCUT2D eigenvalue weighted by Gasteiger charge is 2.18. The Morgan fingerprint density at radius 1 is 1.62 bits per heavy atom. The summed E-state index contributed by atoms with van der Waals surface area (Å²) >= 11 is 0. The van der Waals surface area contributed by atoms with E-state index >= 15 is 0 Å². The van der Waals surface area contributed by atoms with E-state index in [-0.39, 0.29) is 17.8 Å². The third-order valence-electron chi connectivity index (χ3n) is 3.53. The number of amides is 1. The van der Waals surface area contributed by atoms with Crippen LogP contribution in [0.5, 0.6) is 5.75 Å². The van der Waals surface area contributed by atoms with Gasteiger partial charge in [0, 0.05) is 36.7 Å². The Morgan fingerprint density at radius 3 is 3.05 bits per heavy atom. The van der Waals surface area contributed by atoms with Crippen molar-refractivity contribution in [2.75, 3.05) is 13.7 Å². The first-order chi connectivity index (χ1) is 10.1. The summed E-state index contributed by atoms with van der Waals surface area (Å²) < 4.78 is 5.32. The van der Waals surface area contributed by atoms with Crippen LogP contribution < -0.4 is 21.1 Å². The summed E-state index contributed by atoms with van der Waals surface area (Å²) in [4.78, 5) is 11.1. The molecular formula is C14H20N4O3. The lowest BCUT2D eigenvalue weighted by Gasteiger charge is -2.24. The largest absolute Gasteiger partial charge is 0.496 e. The normalized spacial score (nSPS) is 19.2. The van der Waals surface area contributed by atoms with E-state index in [0.717, 1.165) is 17.7 Å². The number of benzene rings is 1. The number of amidine groups is 1. The van der Waals surface area contributed by atoms with Crippen LogP contribution in [-0.4, -0.2) is 36.6 Å². The average molecular weight is 292 g/mol. The summed E-state index contributed by atoms with van der Waals surface area (Å²) in [6.45, 7) is 1.21. The maximum atomic E-state index is 11.1. The van der Waals surface area contributed by atoms with Gasteiger partial charge in [0.05, 0.1) is 7.11 Å². The molecule has 0 spiro atoms. The highest BCUT2D eigenvalue weighted by molar-refractivity contribution is 5.97. The van der Waals surface area contributed by atoms with E-state index in [1.54, 1.807) is 19.2 Å². The van der Waals surface area contributed by atoms with Crippen molar-refractivity contribution in [1.82, 2.24) is 10.6 Å². The van der Waals surface area contributed by atoms with Crippen LogP contribution in [0.15, 0.2) is 23.4 Å². The Bertz CT molecular complexity index is 535. The SMILES string of the molecule is COc1ccc(/C(N)=N/O)cc1CNC1CCC(=O)NC1. The van der Waals surface area contributed by atoms with Crippen LogP contribution in [0.3, 0.4) is 0 Å². The summed E-state index contributed by atoms with van der Waals surface area (Å²) in [7, 11) is 1.60. The first-order valence-electron chi connectivity index (χ1n) is 6.79. The Kier molecular flexibility index (Phi) is 4.99. The maximum Gasteiger partial charge on any atom is 0.220 e. The van der Waals surface area contributed by atoms with Crippen LogP contribution in [-0.2, 0) is 11.3 Å². The number of ether oxygens (including phenoxy) is 1.